The highest BCUT2D eigenvalue weighted by Gasteiger charge is 2.70. The number of para-hydroxylation sites is 2. The number of fused-ring (bicyclic) bond motifs is 2. The van der Waals surface area contributed by atoms with Crippen LogP contribution in [0.4, 0.5) is 22.9 Å². The Labute approximate surface area is 374 Å². The number of aromatic hydroxyl groups is 1. The number of phenols is 1. The molecule has 334 valence electrons. The zero-order valence-corrected chi connectivity index (χ0v) is 36.6. The van der Waals surface area contributed by atoms with Crippen LogP contribution in [-0.4, -0.2) is 121 Å². The number of benzene rings is 3. The number of anilines is 4. The molecule has 14 heteroatoms. The molecular weight excluding hydrogens is 807 g/mol. The van der Waals surface area contributed by atoms with Crippen LogP contribution in [0.25, 0.3) is 11.3 Å². The minimum Gasteiger partial charge on any atom is -0.507 e. The fourth-order valence-electron chi connectivity index (χ4n) is 12.5. The summed E-state index contributed by atoms with van der Waals surface area (Å²) in [6.07, 6.45) is 5.65. The lowest BCUT2D eigenvalue weighted by Gasteiger charge is -2.44. The first-order valence-electron chi connectivity index (χ1n) is 23.5. The van der Waals surface area contributed by atoms with Crippen molar-refractivity contribution in [2.45, 2.75) is 63.0 Å². The number of rotatable bonds is 10. The average Bonchev–Trinajstić information content (AvgIpc) is 4.01. The molecular formula is C50H59N9O5. The van der Waals surface area contributed by atoms with Crippen LogP contribution in [0.2, 0.25) is 0 Å². The van der Waals surface area contributed by atoms with Gasteiger partial charge in [0, 0.05) is 71.1 Å². The lowest BCUT2D eigenvalue weighted by atomic mass is 9.70. The molecule has 1 aromatic heterocycles. The Balaban J connectivity index is 0.649. The van der Waals surface area contributed by atoms with Crippen LogP contribution in [0, 0.1) is 29.6 Å². The van der Waals surface area contributed by atoms with E-state index in [1.54, 1.807) is 12.1 Å². The molecule has 0 spiro atoms. The molecule has 4 saturated heterocycles. The zero-order valence-electron chi connectivity index (χ0n) is 36.6. The lowest BCUT2D eigenvalue weighted by molar-refractivity contribution is -0.135. The van der Waals surface area contributed by atoms with E-state index in [0.29, 0.717) is 73.2 Å². The molecule has 1 unspecified atom stereocenters. The SMILES string of the molecule is CN1CCN([C@@H]2CCC(=O)NC2=O)c2cccc(C3CCN(CC(=O)N4CCC(Oc5cccc(C[C@@H]6[C@H]7C8[C@H]7CN(c7cc(-c9ccccc9O)nnc7N)C[C@@H]86)c5)CC4)CC3)c21. The normalized spacial score (nSPS) is 27.1. The van der Waals surface area contributed by atoms with Crippen molar-refractivity contribution >= 4 is 40.6 Å². The van der Waals surface area contributed by atoms with Crippen LogP contribution < -0.4 is 30.5 Å². The molecule has 5 aliphatic heterocycles. The van der Waals surface area contributed by atoms with E-state index < -0.39 is 0 Å². The number of amides is 3. The van der Waals surface area contributed by atoms with Crippen molar-refractivity contribution in [3.63, 3.8) is 0 Å². The molecule has 3 amide bonds. The van der Waals surface area contributed by atoms with Crippen molar-refractivity contribution in [2.24, 2.45) is 29.6 Å². The highest BCUT2D eigenvalue weighted by Crippen LogP contribution is 2.71. The fourth-order valence-corrected chi connectivity index (χ4v) is 12.5. The van der Waals surface area contributed by atoms with Gasteiger partial charge in [-0.05, 0) is 122 Å². The van der Waals surface area contributed by atoms with E-state index in [1.165, 1.54) is 16.8 Å². The second kappa shape index (κ2) is 16.6. The minimum atomic E-state index is -0.328. The summed E-state index contributed by atoms with van der Waals surface area (Å²) < 4.78 is 6.59. The van der Waals surface area contributed by atoms with Crippen LogP contribution in [-0.2, 0) is 20.8 Å². The van der Waals surface area contributed by atoms with Crippen molar-refractivity contribution in [2.75, 3.05) is 86.4 Å². The number of carbonyl (C=O) groups excluding carboxylic acids is 3. The summed E-state index contributed by atoms with van der Waals surface area (Å²) in [5.74, 6) is 5.20. The zero-order chi connectivity index (χ0) is 43.6. The number of phenolic OH excluding ortho intramolecular Hbond substituents is 1. The Morgan fingerprint density at radius 2 is 1.64 bits per heavy atom. The first kappa shape index (κ1) is 40.9. The Hall–Kier alpha value is -5.89. The second-order valence-corrected chi connectivity index (χ2v) is 19.5. The molecule has 0 radical (unpaired) electrons. The molecule has 6 heterocycles. The second-order valence-electron chi connectivity index (χ2n) is 19.5. The number of carbonyl (C=O) groups is 3. The quantitative estimate of drug-likeness (QED) is 0.185. The van der Waals surface area contributed by atoms with Gasteiger partial charge in [0.1, 0.15) is 23.6 Å². The van der Waals surface area contributed by atoms with E-state index in [2.05, 4.69) is 84.6 Å². The van der Waals surface area contributed by atoms with Crippen LogP contribution in [0.15, 0.2) is 72.8 Å². The molecule has 0 bridgehead atoms. The number of hydrogen-bond acceptors (Lipinski definition) is 12. The van der Waals surface area contributed by atoms with Gasteiger partial charge in [-0.1, -0.05) is 36.4 Å². The monoisotopic (exact) mass is 865 g/mol. The van der Waals surface area contributed by atoms with E-state index in [9.17, 15) is 19.5 Å². The van der Waals surface area contributed by atoms with Crippen LogP contribution >= 0.6 is 0 Å². The minimum absolute atomic E-state index is 0.0855. The number of imide groups is 1. The maximum atomic E-state index is 13.6. The Bertz CT molecular complexity index is 2450. The number of nitrogens with one attached hydrogen (secondary N) is 1. The summed E-state index contributed by atoms with van der Waals surface area (Å²) in [5, 5.41) is 21.6. The van der Waals surface area contributed by atoms with Gasteiger partial charge in [0.05, 0.1) is 29.3 Å². The predicted octanol–water partition coefficient (Wildman–Crippen LogP) is 4.91. The summed E-state index contributed by atoms with van der Waals surface area (Å²) in [5.41, 5.74) is 13.5. The molecule has 6 fully saturated rings. The highest BCUT2D eigenvalue weighted by atomic mass is 16.5. The van der Waals surface area contributed by atoms with Crippen molar-refractivity contribution in [3.05, 3.63) is 83.9 Å². The van der Waals surface area contributed by atoms with Crippen LogP contribution in [0.5, 0.6) is 11.5 Å². The Morgan fingerprint density at radius 3 is 2.45 bits per heavy atom. The topological polar surface area (TPSA) is 161 Å². The average molecular weight is 866 g/mol. The number of nitrogens with zero attached hydrogens (tertiary/aromatic N) is 7. The summed E-state index contributed by atoms with van der Waals surface area (Å²) in [6, 6.07) is 24.0. The van der Waals surface area contributed by atoms with Gasteiger partial charge in [-0.3, -0.25) is 24.6 Å². The van der Waals surface area contributed by atoms with Gasteiger partial charge in [-0.15, -0.1) is 10.2 Å². The summed E-state index contributed by atoms with van der Waals surface area (Å²) >= 11 is 0. The summed E-state index contributed by atoms with van der Waals surface area (Å²) in [4.78, 5) is 49.6. The molecule has 2 aliphatic carbocycles. The van der Waals surface area contributed by atoms with Crippen molar-refractivity contribution in [1.82, 2.24) is 25.3 Å². The van der Waals surface area contributed by atoms with Gasteiger partial charge in [-0.25, -0.2) is 0 Å². The van der Waals surface area contributed by atoms with E-state index in [-0.39, 0.29) is 35.6 Å². The van der Waals surface area contributed by atoms with Crippen molar-refractivity contribution in [1.29, 1.82) is 0 Å². The smallest absolute Gasteiger partial charge is 0.249 e. The molecule has 2 saturated carbocycles. The van der Waals surface area contributed by atoms with E-state index in [4.69, 9.17) is 10.5 Å². The molecule has 6 atom stereocenters. The Morgan fingerprint density at radius 1 is 0.844 bits per heavy atom. The number of piperidine rings is 4. The van der Waals surface area contributed by atoms with Gasteiger partial charge >= 0.3 is 0 Å². The van der Waals surface area contributed by atoms with Gasteiger partial charge in [0.15, 0.2) is 5.82 Å². The van der Waals surface area contributed by atoms with Crippen LogP contribution in [0.3, 0.4) is 0 Å². The number of nitrogens with two attached hydrogens (primary N) is 1. The Kier molecular flexibility index (Phi) is 10.6. The molecule has 4 N–H and O–H groups in total. The van der Waals surface area contributed by atoms with E-state index in [1.807, 2.05) is 23.1 Å². The third-order valence-corrected chi connectivity index (χ3v) is 15.9. The molecule has 4 aromatic rings. The third kappa shape index (κ3) is 7.56. The fraction of sp³-hybridized carbons (Fsp3) is 0.500. The number of likely N-dealkylation sites (tertiary alicyclic amines) is 2. The molecule has 7 aliphatic rings. The van der Waals surface area contributed by atoms with Crippen LogP contribution in [0.1, 0.15) is 55.6 Å². The molecule has 14 nitrogen and oxygen atoms in total. The van der Waals surface area contributed by atoms with E-state index in [0.717, 1.165) is 100 Å². The first-order chi connectivity index (χ1) is 31.2. The standard InChI is InChI=1S/C50H59N9O5/c1-55-22-23-59(41-12-13-44(61)52-50(41)63)40-10-5-9-34(48(40)55)31-14-18-56(19-15-31)29-45(62)57-20-16-32(17-21-57)64-33-7-4-6-30(24-33)25-36-37-27-58(28-38-46(36)47(37)38)42-26-39(53-54-49(42)51)35-8-2-3-11-43(35)60/h2-11,24,26,31-32,36-38,41,46-47,60H,12-23,25,27-29H2,1H3,(H2,51,54)(H,52,61,63)/t36-,37+,38-,41+,46+,47?/m0/s1. The summed E-state index contributed by atoms with van der Waals surface area (Å²) in [6.45, 7) is 7.11. The highest BCUT2D eigenvalue weighted by molar-refractivity contribution is 6.02. The first-order valence-corrected chi connectivity index (χ1v) is 23.5. The van der Waals surface area contributed by atoms with Crippen molar-refractivity contribution < 1.29 is 24.2 Å². The van der Waals surface area contributed by atoms with Gasteiger partial charge in [-0.2, -0.15) is 0 Å². The van der Waals surface area contributed by atoms with E-state index >= 15 is 0 Å². The third-order valence-electron chi connectivity index (χ3n) is 15.9. The van der Waals surface area contributed by atoms with Gasteiger partial charge in [0.2, 0.25) is 17.7 Å². The maximum Gasteiger partial charge on any atom is 0.249 e. The van der Waals surface area contributed by atoms with Gasteiger partial charge in [0.25, 0.3) is 0 Å². The van der Waals surface area contributed by atoms with Crippen molar-refractivity contribution in [3.8, 4) is 22.8 Å². The largest absolute Gasteiger partial charge is 0.507 e. The number of nitrogen functional groups attached to an aromatic ring is 1. The molecule has 64 heavy (non-hydrogen) atoms. The number of hydrogen-bond donors (Lipinski definition) is 3. The number of ether oxygens (including phenoxy) is 1. The molecule has 3 aromatic carbocycles. The predicted molar refractivity (Wildman–Crippen MR) is 245 cm³/mol. The maximum absolute atomic E-state index is 13.6. The van der Waals surface area contributed by atoms with Gasteiger partial charge < -0.3 is 35.2 Å². The summed E-state index contributed by atoms with van der Waals surface area (Å²) in [7, 11) is 2.13. The number of likely N-dealkylation sites (N-methyl/N-ethyl adjacent to an activating group) is 1. The number of aromatic nitrogens is 2. The molecule has 11 rings (SSSR count). The lowest BCUT2D eigenvalue weighted by Crippen LogP contribution is -2.55.